The summed E-state index contributed by atoms with van der Waals surface area (Å²) in [5.41, 5.74) is 4.94. The molecule has 0 heterocycles. The van der Waals surface area contributed by atoms with Crippen LogP contribution in [0.25, 0.3) is 5.57 Å². The molecule has 0 radical (unpaired) electrons. The largest absolute Gasteiger partial charge is 0.507 e. The number of hydrogen-bond donors (Lipinski definition) is 1. The van der Waals surface area contributed by atoms with Gasteiger partial charge in [0.25, 0.3) is 0 Å². The Labute approximate surface area is 145 Å². The molecule has 0 saturated heterocycles. The maximum atomic E-state index is 9.92. The lowest BCUT2D eigenvalue weighted by Crippen LogP contribution is -2.10. The van der Waals surface area contributed by atoms with Crippen LogP contribution < -0.4 is 0 Å². The smallest absolute Gasteiger partial charge is 0.123 e. The Balaban J connectivity index is 1.76. The summed E-state index contributed by atoms with van der Waals surface area (Å²) in [4.78, 5) is 0. The molecule has 0 aromatic heterocycles. The van der Waals surface area contributed by atoms with Crippen LogP contribution in [0.3, 0.4) is 0 Å². The van der Waals surface area contributed by atoms with Gasteiger partial charge in [-0.05, 0) is 53.4 Å². The minimum atomic E-state index is 0.282. The number of phenolic OH excluding ortho intramolecular Hbond substituents is 1. The molecule has 1 aliphatic carbocycles. The Morgan fingerprint density at radius 1 is 1.21 bits per heavy atom. The van der Waals surface area contributed by atoms with Crippen molar-refractivity contribution in [1.29, 1.82) is 0 Å². The second-order valence-corrected chi connectivity index (χ2v) is 6.92. The highest BCUT2D eigenvalue weighted by molar-refractivity contribution is 5.75. The zero-order valence-corrected chi connectivity index (χ0v) is 14.6. The van der Waals surface area contributed by atoms with E-state index < -0.39 is 0 Å². The molecule has 1 aliphatic rings. The fourth-order valence-electron chi connectivity index (χ4n) is 3.89. The van der Waals surface area contributed by atoms with Gasteiger partial charge in [0.15, 0.2) is 0 Å². The van der Waals surface area contributed by atoms with Crippen molar-refractivity contribution in [2.75, 3.05) is 0 Å². The van der Waals surface area contributed by atoms with Crippen LogP contribution in [0, 0.1) is 5.92 Å². The van der Waals surface area contributed by atoms with Crippen LogP contribution in [-0.2, 0) is 11.8 Å². The zero-order chi connectivity index (χ0) is 17.2. The first-order chi connectivity index (χ1) is 11.6. The SMILES string of the molecule is C=C(/C=C\Cc1ccccc1C1(CC)CC1C)c1ccccc1O. The average molecular weight is 318 g/mol. The van der Waals surface area contributed by atoms with Gasteiger partial charge in [-0.1, -0.05) is 75.0 Å². The number of phenols is 1. The third-order valence-electron chi connectivity index (χ3n) is 5.55. The maximum absolute atomic E-state index is 9.92. The fourth-order valence-corrected chi connectivity index (χ4v) is 3.89. The predicted octanol–water partition coefficient (Wildman–Crippen LogP) is 5.89. The third kappa shape index (κ3) is 3.03. The molecule has 1 saturated carbocycles. The lowest BCUT2D eigenvalue weighted by molar-refractivity contribution is 0.474. The van der Waals surface area contributed by atoms with Gasteiger partial charge in [0.05, 0.1) is 0 Å². The summed E-state index contributed by atoms with van der Waals surface area (Å²) < 4.78 is 0. The molecule has 1 fully saturated rings. The van der Waals surface area contributed by atoms with E-state index in [0.717, 1.165) is 23.5 Å². The molecule has 2 aromatic rings. The lowest BCUT2D eigenvalue weighted by atomic mass is 9.86. The highest BCUT2D eigenvalue weighted by Crippen LogP contribution is 2.57. The molecule has 1 nitrogen and oxygen atoms in total. The average Bonchev–Trinajstić information content (AvgIpc) is 3.27. The van der Waals surface area contributed by atoms with Crippen molar-refractivity contribution in [2.24, 2.45) is 5.92 Å². The first kappa shape index (κ1) is 16.6. The fraction of sp³-hybridized carbons (Fsp3) is 0.304. The summed E-state index contributed by atoms with van der Waals surface area (Å²) in [7, 11) is 0. The molecule has 1 heteroatoms. The summed E-state index contributed by atoms with van der Waals surface area (Å²) in [6.45, 7) is 8.74. The van der Waals surface area contributed by atoms with Crippen molar-refractivity contribution in [3.63, 3.8) is 0 Å². The molecular weight excluding hydrogens is 292 g/mol. The van der Waals surface area contributed by atoms with Gasteiger partial charge < -0.3 is 5.11 Å². The molecule has 0 amide bonds. The van der Waals surface area contributed by atoms with Gasteiger partial charge in [0.2, 0.25) is 0 Å². The highest BCUT2D eigenvalue weighted by atomic mass is 16.3. The van der Waals surface area contributed by atoms with E-state index in [1.165, 1.54) is 24.0 Å². The van der Waals surface area contributed by atoms with E-state index in [-0.39, 0.29) is 5.75 Å². The standard InChI is InChI=1S/C23H26O/c1-4-23(16-18(23)3)21-14-7-5-11-19(21)12-9-10-17(2)20-13-6-8-15-22(20)24/h5-11,13-15,18,24H,2,4,12,16H2,1,3H3/b10-9-. The van der Waals surface area contributed by atoms with E-state index in [4.69, 9.17) is 0 Å². The van der Waals surface area contributed by atoms with Crippen LogP contribution in [0.1, 0.15) is 43.4 Å². The summed E-state index contributed by atoms with van der Waals surface area (Å²) in [5.74, 6) is 1.06. The van der Waals surface area contributed by atoms with Crippen LogP contribution in [0.4, 0.5) is 0 Å². The number of aromatic hydroxyl groups is 1. The second kappa shape index (κ2) is 6.68. The molecule has 1 N–H and O–H groups in total. The number of hydrogen-bond acceptors (Lipinski definition) is 1. The molecule has 2 unspecified atom stereocenters. The van der Waals surface area contributed by atoms with Crippen LogP contribution in [-0.4, -0.2) is 5.11 Å². The topological polar surface area (TPSA) is 20.2 Å². The van der Waals surface area contributed by atoms with Crippen LogP contribution in [0.15, 0.2) is 67.3 Å². The van der Waals surface area contributed by atoms with Crippen LogP contribution in [0.5, 0.6) is 5.75 Å². The molecule has 2 atom stereocenters. The third-order valence-corrected chi connectivity index (χ3v) is 5.55. The Hall–Kier alpha value is -2.28. The van der Waals surface area contributed by atoms with Gasteiger partial charge in [-0.15, -0.1) is 0 Å². The zero-order valence-electron chi connectivity index (χ0n) is 14.6. The number of rotatable bonds is 6. The quantitative estimate of drug-likeness (QED) is 0.658. The maximum Gasteiger partial charge on any atom is 0.123 e. The normalized spacial score (nSPS) is 22.7. The predicted molar refractivity (Wildman–Crippen MR) is 102 cm³/mol. The molecule has 3 rings (SSSR count). The molecule has 0 bridgehead atoms. The first-order valence-corrected chi connectivity index (χ1v) is 8.80. The second-order valence-electron chi connectivity index (χ2n) is 6.92. The Morgan fingerprint density at radius 3 is 2.54 bits per heavy atom. The van der Waals surface area contributed by atoms with Gasteiger partial charge in [0.1, 0.15) is 5.75 Å². The van der Waals surface area contributed by atoms with E-state index in [2.05, 4.69) is 50.8 Å². The van der Waals surface area contributed by atoms with E-state index in [1.54, 1.807) is 6.07 Å². The van der Waals surface area contributed by atoms with E-state index in [0.29, 0.717) is 5.41 Å². The lowest BCUT2D eigenvalue weighted by Gasteiger charge is -2.18. The van der Waals surface area contributed by atoms with Gasteiger partial charge in [-0.25, -0.2) is 0 Å². The molecule has 2 aromatic carbocycles. The molecule has 0 aliphatic heterocycles. The summed E-state index contributed by atoms with van der Waals surface area (Å²) in [6, 6.07) is 16.2. The minimum absolute atomic E-state index is 0.282. The molecule has 124 valence electrons. The van der Waals surface area contributed by atoms with Gasteiger partial charge in [0, 0.05) is 5.56 Å². The Morgan fingerprint density at radius 2 is 1.88 bits per heavy atom. The minimum Gasteiger partial charge on any atom is -0.507 e. The highest BCUT2D eigenvalue weighted by Gasteiger charge is 2.51. The summed E-state index contributed by atoms with van der Waals surface area (Å²) >= 11 is 0. The van der Waals surface area contributed by atoms with Crippen molar-refractivity contribution in [2.45, 2.75) is 38.5 Å². The van der Waals surface area contributed by atoms with E-state index >= 15 is 0 Å². The van der Waals surface area contributed by atoms with Crippen molar-refractivity contribution in [3.8, 4) is 5.75 Å². The monoisotopic (exact) mass is 318 g/mol. The van der Waals surface area contributed by atoms with E-state index in [1.807, 2.05) is 24.3 Å². The Kier molecular flexibility index (Phi) is 4.62. The molecule has 24 heavy (non-hydrogen) atoms. The van der Waals surface area contributed by atoms with Crippen molar-refractivity contribution < 1.29 is 5.11 Å². The van der Waals surface area contributed by atoms with Crippen molar-refractivity contribution >= 4 is 5.57 Å². The molecular formula is C23H26O. The summed E-state index contributed by atoms with van der Waals surface area (Å²) in [5, 5.41) is 9.92. The Bertz CT molecular complexity index is 767. The van der Waals surface area contributed by atoms with Gasteiger partial charge in [-0.2, -0.15) is 0 Å². The van der Waals surface area contributed by atoms with Crippen molar-refractivity contribution in [3.05, 3.63) is 84.0 Å². The van der Waals surface area contributed by atoms with Crippen LogP contribution in [0.2, 0.25) is 0 Å². The van der Waals surface area contributed by atoms with Gasteiger partial charge in [-0.3, -0.25) is 0 Å². The molecule has 0 spiro atoms. The summed E-state index contributed by atoms with van der Waals surface area (Å²) in [6.07, 6.45) is 7.58. The first-order valence-electron chi connectivity index (χ1n) is 8.80. The van der Waals surface area contributed by atoms with Crippen molar-refractivity contribution in [1.82, 2.24) is 0 Å². The van der Waals surface area contributed by atoms with E-state index in [9.17, 15) is 5.11 Å². The number of benzene rings is 2. The number of para-hydroxylation sites is 1. The number of allylic oxidation sites excluding steroid dienone is 3. The van der Waals surface area contributed by atoms with Gasteiger partial charge >= 0.3 is 0 Å². The van der Waals surface area contributed by atoms with Crippen LogP contribution >= 0.6 is 0 Å².